The predicted molar refractivity (Wildman–Crippen MR) is 55.3 cm³/mol. The van der Waals surface area contributed by atoms with Crippen molar-refractivity contribution in [3.8, 4) is 0 Å². The monoisotopic (exact) mass is 542 g/mol. The van der Waals surface area contributed by atoms with E-state index in [0.29, 0.717) is 12.1 Å². The van der Waals surface area contributed by atoms with Crippen LogP contribution in [-0.4, -0.2) is 37.7 Å². The Kier molecular flexibility index (Phi) is 25.0. The van der Waals surface area contributed by atoms with Gasteiger partial charge in [0.25, 0.3) is 0 Å². The second-order valence-corrected chi connectivity index (χ2v) is 2.88. The zero-order valence-corrected chi connectivity index (χ0v) is 16.1. The predicted octanol–water partition coefficient (Wildman–Crippen LogP) is 2.20. The van der Waals surface area contributed by atoms with Gasteiger partial charge in [0.2, 0.25) is 0 Å². The van der Waals surface area contributed by atoms with Crippen molar-refractivity contribution in [3.05, 3.63) is 7.43 Å². The molecule has 14 heavy (non-hydrogen) atoms. The first-order valence-electron chi connectivity index (χ1n) is 4.47. The molecule has 1 heterocycles. The van der Waals surface area contributed by atoms with Gasteiger partial charge >= 0.3 is 0 Å². The Morgan fingerprint density at radius 3 is 1.79 bits per heavy atom. The van der Waals surface area contributed by atoms with Crippen LogP contribution in [0.3, 0.4) is 0 Å². The van der Waals surface area contributed by atoms with Crippen molar-refractivity contribution in [2.75, 3.05) is 20.7 Å². The quantitative estimate of drug-likeness (QED) is 0.472. The van der Waals surface area contributed by atoms with Gasteiger partial charge in [0.15, 0.2) is 0 Å². The van der Waals surface area contributed by atoms with Crippen LogP contribution in [0.15, 0.2) is 0 Å². The number of ether oxygens (including phenoxy) is 1. The van der Waals surface area contributed by atoms with Gasteiger partial charge in [-0.05, 0) is 20.4 Å². The van der Waals surface area contributed by atoms with Crippen molar-refractivity contribution in [1.29, 1.82) is 0 Å². The first-order chi connectivity index (χ1) is 5.24. The molecule has 0 aromatic heterocycles. The summed E-state index contributed by atoms with van der Waals surface area (Å²) >= 11 is 0. The summed E-state index contributed by atoms with van der Waals surface area (Å²) in [7, 11) is 3.93. The van der Waals surface area contributed by atoms with Crippen LogP contribution < -0.4 is 0 Å². The number of hydrogen-bond donors (Lipinski definition) is 0. The maximum atomic E-state index is 5.21. The van der Waals surface area contributed by atoms with Crippen molar-refractivity contribution in [2.24, 2.45) is 0 Å². The molecule has 0 aromatic rings. The van der Waals surface area contributed by atoms with Crippen molar-refractivity contribution in [2.45, 2.75) is 39.3 Å². The summed E-state index contributed by atoms with van der Waals surface area (Å²) in [6.07, 6.45) is 1.66. The van der Waals surface area contributed by atoms with Crippen molar-refractivity contribution in [1.82, 2.24) is 4.90 Å². The van der Waals surface area contributed by atoms with Crippen LogP contribution in [0.25, 0.3) is 0 Å². The Morgan fingerprint density at radius 1 is 1.21 bits per heavy atom. The summed E-state index contributed by atoms with van der Waals surface area (Å²) in [5.74, 6) is 0. The average molecular weight is 542 g/mol. The summed E-state index contributed by atoms with van der Waals surface area (Å²) < 4.78 is 5.21. The average Bonchev–Trinajstić information content (AvgIpc) is 2.36. The molecule has 1 fully saturated rings. The fraction of sp³-hybridized carbons (Fsp3) is 0.900. The summed E-state index contributed by atoms with van der Waals surface area (Å²) in [6.45, 7) is 7.33. The van der Waals surface area contributed by atoms with E-state index in [-0.39, 0.29) is 49.6 Å². The Labute approximate surface area is 119 Å². The molecule has 0 spiro atoms. The third-order valence-electron chi connectivity index (χ3n) is 2.18. The molecule has 0 aliphatic carbocycles. The number of hydrogen-bond acceptors (Lipinski definition) is 2. The van der Waals surface area contributed by atoms with Crippen molar-refractivity contribution < 1.29 is 46.9 Å². The van der Waals surface area contributed by atoms with Crippen LogP contribution in [0.2, 0.25) is 0 Å². The van der Waals surface area contributed by atoms with E-state index in [1.165, 1.54) is 6.42 Å². The second kappa shape index (κ2) is 14.3. The molecule has 0 aromatic carbocycles. The van der Waals surface area contributed by atoms with E-state index >= 15 is 0 Å². The van der Waals surface area contributed by atoms with Gasteiger partial charge in [-0.1, -0.05) is 13.8 Å². The molecule has 1 saturated heterocycles. The molecule has 1 aliphatic rings. The molecule has 0 radical (unpaired) electrons. The van der Waals surface area contributed by atoms with Crippen LogP contribution in [0.4, 0.5) is 0 Å². The summed E-state index contributed by atoms with van der Waals surface area (Å²) in [6, 6.07) is 0.704. The number of likely N-dealkylation sites (N-methyl/N-ethyl adjacent to an activating group) is 1. The van der Waals surface area contributed by atoms with Gasteiger partial charge in [0, 0.05) is 61.8 Å². The number of likely N-dealkylation sites (tertiary alicyclic amines) is 1. The van der Waals surface area contributed by atoms with Crippen molar-refractivity contribution in [3.63, 3.8) is 0 Å². The van der Waals surface area contributed by atoms with Gasteiger partial charge in [-0.3, -0.25) is 0 Å². The third-order valence-corrected chi connectivity index (χ3v) is 2.18. The van der Waals surface area contributed by atoms with Crippen LogP contribution in [-0.2, 0) is 46.9 Å². The Morgan fingerprint density at radius 2 is 1.64 bits per heavy atom. The third kappa shape index (κ3) is 8.59. The molecule has 0 N–H and O–H groups in total. The zero-order valence-electron chi connectivity index (χ0n) is 10.2. The van der Waals surface area contributed by atoms with Gasteiger partial charge < -0.3 is 17.1 Å². The van der Waals surface area contributed by atoms with E-state index in [9.17, 15) is 0 Å². The van der Waals surface area contributed by atoms with E-state index < -0.39 is 0 Å². The van der Waals surface area contributed by atoms with E-state index in [1.54, 1.807) is 7.11 Å². The van der Waals surface area contributed by atoms with Crippen LogP contribution in [0.1, 0.15) is 27.2 Å². The first kappa shape index (κ1) is 24.5. The van der Waals surface area contributed by atoms with Gasteiger partial charge in [-0.2, -0.15) is 0 Å². The van der Waals surface area contributed by atoms with Crippen molar-refractivity contribution >= 4 is 0 Å². The van der Waals surface area contributed by atoms with E-state index in [2.05, 4.69) is 18.9 Å². The van der Waals surface area contributed by atoms with E-state index in [4.69, 9.17) is 4.74 Å². The fourth-order valence-corrected chi connectivity index (χ4v) is 1.31. The standard InChI is InChI=1S/C7H15NO.C2H6.CH3.2W/c1-6-4-7(9-3)5-8(6)2;1-2;;;/h6-7H,4-5H2,1-3H3;1-2H3;1H3;;/q;;-1;;. The first-order valence-corrected chi connectivity index (χ1v) is 4.47. The van der Waals surface area contributed by atoms with Gasteiger partial charge in [-0.15, -0.1) is 0 Å². The molecular weight excluding hydrogens is 518 g/mol. The minimum atomic E-state index is 0. The van der Waals surface area contributed by atoms with Crippen LogP contribution >= 0.6 is 0 Å². The van der Waals surface area contributed by atoms with Crippen LogP contribution in [0, 0.1) is 7.43 Å². The molecule has 0 bridgehead atoms. The molecule has 1 aliphatic heterocycles. The van der Waals surface area contributed by atoms with Gasteiger partial charge in [0.05, 0.1) is 6.10 Å². The Hall–Kier alpha value is 1.30. The molecule has 2 nitrogen and oxygen atoms in total. The molecule has 4 heteroatoms. The second-order valence-electron chi connectivity index (χ2n) is 2.88. The Bertz CT molecular complexity index is 94.1. The summed E-state index contributed by atoms with van der Waals surface area (Å²) in [5.41, 5.74) is 0. The molecule has 2 atom stereocenters. The van der Waals surface area contributed by atoms with E-state index in [0.717, 1.165) is 6.54 Å². The largest absolute Gasteiger partial charge is 0.380 e. The van der Waals surface area contributed by atoms with Crippen LogP contribution in [0.5, 0.6) is 0 Å². The number of rotatable bonds is 1. The maximum Gasteiger partial charge on any atom is 0.0713 e. The summed E-state index contributed by atoms with van der Waals surface area (Å²) in [5, 5.41) is 0. The molecule has 88 valence electrons. The van der Waals surface area contributed by atoms with Gasteiger partial charge in [-0.25, -0.2) is 0 Å². The topological polar surface area (TPSA) is 12.5 Å². The normalized spacial score (nSPS) is 24.6. The minimum absolute atomic E-state index is 0. The SMILES string of the molecule is CC.COC1CC(C)N(C)C1.[CH3-].[W].[W]. The summed E-state index contributed by atoms with van der Waals surface area (Å²) in [4.78, 5) is 2.33. The number of methoxy groups -OCH3 is 1. The maximum absolute atomic E-state index is 5.21. The molecule has 2 unspecified atom stereocenters. The Balaban J connectivity index is -0.0000000942. The van der Waals surface area contributed by atoms with E-state index in [1.807, 2.05) is 13.8 Å². The minimum Gasteiger partial charge on any atom is -0.380 e. The van der Waals surface area contributed by atoms with Gasteiger partial charge in [0.1, 0.15) is 0 Å². The smallest absolute Gasteiger partial charge is 0.0713 e. The molecule has 0 amide bonds. The molecule has 0 saturated carbocycles. The zero-order chi connectivity index (χ0) is 8.85. The fourth-order valence-electron chi connectivity index (χ4n) is 1.31. The molecule has 1 rings (SSSR count). The molecular formula is C10H24NOW2-. The number of nitrogens with zero attached hydrogens (tertiary/aromatic N) is 1.